The van der Waals surface area contributed by atoms with E-state index in [4.69, 9.17) is 0 Å². The fraction of sp³-hybridized carbons (Fsp3) is 0.692. The van der Waals surface area contributed by atoms with Gasteiger partial charge in [-0.15, -0.1) is 23.1 Å². The normalized spacial score (nSPS) is 28.3. The maximum atomic E-state index is 11.3. The number of hydrogen-bond acceptors (Lipinski definition) is 5. The largest absolute Gasteiger partial charge is 0.481 e. The molecule has 3 nitrogen and oxygen atoms in total. The lowest BCUT2D eigenvalue weighted by Gasteiger charge is -2.30. The highest BCUT2D eigenvalue weighted by Crippen LogP contribution is 2.45. The topological polar surface area (TPSA) is 50.2 Å². The van der Waals surface area contributed by atoms with Crippen LogP contribution < -0.4 is 0 Å². The summed E-state index contributed by atoms with van der Waals surface area (Å²) in [7, 11) is 0. The average Bonchev–Trinajstić information content (AvgIpc) is 2.82. The van der Waals surface area contributed by atoms with E-state index in [0.29, 0.717) is 21.4 Å². The number of aliphatic carboxylic acids is 1. The van der Waals surface area contributed by atoms with Crippen LogP contribution in [0, 0.1) is 0 Å². The molecule has 0 bridgehead atoms. The number of nitrogens with zero attached hydrogens (tertiary/aromatic N) is 1. The van der Waals surface area contributed by atoms with Gasteiger partial charge >= 0.3 is 5.97 Å². The van der Waals surface area contributed by atoms with Crippen LogP contribution in [0.15, 0.2) is 5.38 Å². The quantitative estimate of drug-likeness (QED) is 0.919. The van der Waals surface area contributed by atoms with Crippen LogP contribution in [-0.4, -0.2) is 32.3 Å². The molecule has 3 atom stereocenters. The first kappa shape index (κ1) is 15.2. The van der Waals surface area contributed by atoms with E-state index in [2.05, 4.69) is 18.8 Å². The number of carboxylic acids is 1. The Morgan fingerprint density at radius 2 is 2.11 bits per heavy atom. The number of thiazole rings is 1. The van der Waals surface area contributed by atoms with Crippen LogP contribution in [0.1, 0.15) is 43.6 Å². The zero-order chi connectivity index (χ0) is 14.2. The van der Waals surface area contributed by atoms with E-state index in [-0.39, 0.29) is 0 Å². The fourth-order valence-corrected chi connectivity index (χ4v) is 5.94. The van der Waals surface area contributed by atoms with Crippen LogP contribution in [-0.2, 0) is 10.2 Å². The monoisotopic (exact) mass is 317 g/mol. The minimum atomic E-state index is -0.903. The Bertz CT molecular complexity index is 472. The third-order valence-electron chi connectivity index (χ3n) is 3.52. The number of thioether (sulfide) groups is 2. The summed E-state index contributed by atoms with van der Waals surface area (Å²) in [6, 6.07) is 0. The minimum absolute atomic E-state index is 0.402. The third-order valence-corrected chi connectivity index (χ3v) is 8.03. The first-order valence-electron chi connectivity index (χ1n) is 6.28. The van der Waals surface area contributed by atoms with Gasteiger partial charge in [-0.3, -0.25) is 4.79 Å². The average molecular weight is 318 g/mol. The van der Waals surface area contributed by atoms with Crippen LogP contribution in [0.25, 0.3) is 0 Å². The van der Waals surface area contributed by atoms with E-state index in [1.165, 1.54) is 0 Å². The molecule has 2 heterocycles. The molecule has 1 saturated heterocycles. The van der Waals surface area contributed by atoms with Gasteiger partial charge in [0.25, 0.3) is 0 Å². The minimum Gasteiger partial charge on any atom is -0.481 e. The molecule has 1 fully saturated rings. The molecule has 0 saturated carbocycles. The molecule has 1 N–H and O–H groups in total. The van der Waals surface area contributed by atoms with Gasteiger partial charge in [0.2, 0.25) is 0 Å². The molecular weight excluding hydrogens is 298 g/mol. The van der Waals surface area contributed by atoms with Crippen molar-refractivity contribution < 1.29 is 9.90 Å². The van der Waals surface area contributed by atoms with Crippen molar-refractivity contribution in [3.8, 4) is 0 Å². The second-order valence-electron chi connectivity index (χ2n) is 5.37. The number of aromatic nitrogens is 1. The number of carboxylic acid groups (broad SMARTS) is 1. The Morgan fingerprint density at radius 3 is 2.68 bits per heavy atom. The van der Waals surface area contributed by atoms with Crippen LogP contribution in [0.5, 0.6) is 0 Å². The molecule has 3 unspecified atom stereocenters. The lowest BCUT2D eigenvalue weighted by atomic mass is 9.90. The van der Waals surface area contributed by atoms with Gasteiger partial charge in [0.05, 0.1) is 10.9 Å². The number of rotatable bonds is 3. The summed E-state index contributed by atoms with van der Waals surface area (Å²) in [6.07, 6.45) is 0. The van der Waals surface area contributed by atoms with Crippen molar-refractivity contribution in [2.75, 3.05) is 5.75 Å². The van der Waals surface area contributed by atoms with E-state index >= 15 is 0 Å². The number of carbonyl (C=O) groups is 1. The molecule has 106 valence electrons. The van der Waals surface area contributed by atoms with Gasteiger partial charge in [0.15, 0.2) is 0 Å². The summed E-state index contributed by atoms with van der Waals surface area (Å²) in [6.45, 7) is 7.94. The Hall–Kier alpha value is -0.200. The molecule has 19 heavy (non-hydrogen) atoms. The van der Waals surface area contributed by atoms with Crippen molar-refractivity contribution >= 4 is 40.8 Å². The van der Waals surface area contributed by atoms with E-state index < -0.39 is 11.4 Å². The maximum absolute atomic E-state index is 11.3. The molecule has 2 rings (SSSR count). The standard InChI is InChI=1S/C13H19NO2S3/c1-7-8(2)19-9(5-17-7)11-14-10(6-18-11)13(3,4)12(15)16/h6-9H,5H2,1-4H3,(H,15,16). The summed E-state index contributed by atoms with van der Waals surface area (Å²) in [5.74, 6) is 0.244. The zero-order valence-corrected chi connectivity index (χ0v) is 14.0. The van der Waals surface area contributed by atoms with Crippen molar-refractivity contribution in [3.63, 3.8) is 0 Å². The van der Waals surface area contributed by atoms with E-state index in [1.807, 2.05) is 28.9 Å². The lowest BCUT2D eigenvalue weighted by Crippen LogP contribution is -2.29. The first-order valence-corrected chi connectivity index (χ1v) is 9.16. The highest BCUT2D eigenvalue weighted by molar-refractivity contribution is 8.07. The molecule has 0 spiro atoms. The van der Waals surface area contributed by atoms with Crippen LogP contribution in [0.3, 0.4) is 0 Å². The predicted molar refractivity (Wildman–Crippen MR) is 84.5 cm³/mol. The van der Waals surface area contributed by atoms with E-state index in [1.54, 1.807) is 25.2 Å². The van der Waals surface area contributed by atoms with Crippen molar-refractivity contribution in [1.29, 1.82) is 0 Å². The maximum Gasteiger partial charge on any atom is 0.315 e. The molecule has 6 heteroatoms. The SMILES string of the molecule is CC1SCC(c2nc(C(C)(C)C(=O)O)cs2)SC1C. The van der Waals surface area contributed by atoms with Gasteiger partial charge in [-0.05, 0) is 13.8 Å². The Morgan fingerprint density at radius 1 is 1.42 bits per heavy atom. The van der Waals surface area contributed by atoms with Gasteiger partial charge in [0.1, 0.15) is 10.4 Å². The molecule has 0 aromatic carbocycles. The summed E-state index contributed by atoms with van der Waals surface area (Å²) in [5.41, 5.74) is -0.225. The number of hydrogen-bond donors (Lipinski definition) is 1. The van der Waals surface area contributed by atoms with Crippen molar-refractivity contribution in [1.82, 2.24) is 4.98 Å². The fourth-order valence-electron chi connectivity index (χ4n) is 1.75. The molecular formula is C13H19NO2S3. The van der Waals surface area contributed by atoms with Crippen molar-refractivity contribution in [2.45, 2.75) is 48.9 Å². The van der Waals surface area contributed by atoms with Crippen molar-refractivity contribution in [2.24, 2.45) is 0 Å². The summed E-state index contributed by atoms with van der Waals surface area (Å²) >= 11 is 5.54. The van der Waals surface area contributed by atoms with Crippen molar-refractivity contribution in [3.05, 3.63) is 16.1 Å². The molecule has 1 aromatic rings. The molecule has 0 aliphatic carbocycles. The molecule has 1 aromatic heterocycles. The van der Waals surface area contributed by atoms with E-state index in [0.717, 1.165) is 10.8 Å². The second-order valence-corrected chi connectivity index (χ2v) is 9.25. The Labute approximate surface area is 126 Å². The lowest BCUT2D eigenvalue weighted by molar-refractivity contribution is -0.142. The van der Waals surface area contributed by atoms with Gasteiger partial charge in [-0.1, -0.05) is 13.8 Å². The van der Waals surface area contributed by atoms with E-state index in [9.17, 15) is 9.90 Å². The highest BCUT2D eigenvalue weighted by Gasteiger charge is 2.34. The van der Waals surface area contributed by atoms with Gasteiger partial charge in [0, 0.05) is 21.6 Å². The Kier molecular flexibility index (Phi) is 4.52. The molecule has 0 radical (unpaired) electrons. The van der Waals surface area contributed by atoms with Gasteiger partial charge in [-0.25, -0.2) is 4.98 Å². The zero-order valence-electron chi connectivity index (χ0n) is 11.5. The van der Waals surface area contributed by atoms with Crippen LogP contribution in [0.2, 0.25) is 0 Å². The Balaban J connectivity index is 2.16. The van der Waals surface area contributed by atoms with Crippen LogP contribution in [0.4, 0.5) is 0 Å². The van der Waals surface area contributed by atoms with Gasteiger partial charge in [-0.2, -0.15) is 11.8 Å². The van der Waals surface area contributed by atoms with Crippen LogP contribution >= 0.6 is 34.9 Å². The molecule has 1 aliphatic heterocycles. The second kappa shape index (κ2) is 5.66. The molecule has 0 amide bonds. The third kappa shape index (κ3) is 3.11. The summed E-state index contributed by atoms with van der Waals surface area (Å²) < 4.78 is 0. The summed E-state index contributed by atoms with van der Waals surface area (Å²) in [5, 5.41) is 13.9. The molecule has 1 aliphatic rings. The highest BCUT2D eigenvalue weighted by atomic mass is 32.2. The van der Waals surface area contributed by atoms with Gasteiger partial charge < -0.3 is 5.11 Å². The predicted octanol–water partition coefficient (Wildman–Crippen LogP) is 3.80. The smallest absolute Gasteiger partial charge is 0.315 e. The summed E-state index contributed by atoms with van der Waals surface area (Å²) in [4.78, 5) is 15.8. The first-order chi connectivity index (χ1) is 8.82.